The van der Waals surface area contributed by atoms with Crippen molar-refractivity contribution in [2.24, 2.45) is 0 Å². The first-order valence-corrected chi connectivity index (χ1v) is 6.37. The number of ether oxygens (including phenoxy) is 1. The molecule has 0 heterocycles. The average molecular weight is 275 g/mol. The largest absolute Gasteiger partial charge is 0.484 e. The quantitative estimate of drug-likeness (QED) is 0.847. The molecule has 0 aromatic heterocycles. The molecule has 5 heteroatoms. The third-order valence-corrected chi connectivity index (χ3v) is 2.79. The molecule has 0 aliphatic rings. The minimum Gasteiger partial charge on any atom is -0.484 e. The molecule has 2 nitrogen and oxygen atoms in total. The highest BCUT2D eigenvalue weighted by atomic mass is 19.4. The molecule has 1 aromatic carbocycles. The van der Waals surface area contributed by atoms with Crippen molar-refractivity contribution in [3.05, 3.63) is 29.3 Å². The zero-order valence-electron chi connectivity index (χ0n) is 11.5. The summed E-state index contributed by atoms with van der Waals surface area (Å²) in [4.78, 5) is 0. The molecule has 0 aliphatic carbocycles. The number of hydrogen-bond donors (Lipinski definition) is 1. The van der Waals surface area contributed by atoms with Crippen molar-refractivity contribution in [3.63, 3.8) is 0 Å². The van der Waals surface area contributed by atoms with Gasteiger partial charge in [-0.15, -0.1) is 0 Å². The lowest BCUT2D eigenvalue weighted by Crippen LogP contribution is -2.20. The van der Waals surface area contributed by atoms with Gasteiger partial charge in [-0.2, -0.15) is 13.2 Å². The van der Waals surface area contributed by atoms with Crippen LogP contribution in [0.5, 0.6) is 5.75 Å². The minimum atomic E-state index is -4.30. The van der Waals surface area contributed by atoms with E-state index in [4.69, 9.17) is 4.74 Å². The lowest BCUT2D eigenvalue weighted by molar-refractivity contribution is -0.153. The summed E-state index contributed by atoms with van der Waals surface area (Å²) in [6.45, 7) is 5.52. The van der Waals surface area contributed by atoms with Crippen molar-refractivity contribution in [2.75, 3.05) is 13.2 Å². The van der Waals surface area contributed by atoms with Crippen LogP contribution in [0.25, 0.3) is 0 Å². The van der Waals surface area contributed by atoms with Crippen LogP contribution in [0.2, 0.25) is 0 Å². The maximum Gasteiger partial charge on any atom is 0.422 e. The summed E-state index contributed by atoms with van der Waals surface area (Å²) in [5, 5.41) is 3.33. The second-order valence-corrected chi connectivity index (χ2v) is 4.60. The van der Waals surface area contributed by atoms with Gasteiger partial charge in [0, 0.05) is 6.04 Å². The van der Waals surface area contributed by atoms with E-state index in [1.54, 1.807) is 19.1 Å². The van der Waals surface area contributed by atoms with E-state index >= 15 is 0 Å². The van der Waals surface area contributed by atoms with Crippen LogP contribution in [-0.4, -0.2) is 19.3 Å². The van der Waals surface area contributed by atoms with Crippen LogP contribution >= 0.6 is 0 Å². The Morgan fingerprint density at radius 2 is 2.00 bits per heavy atom. The summed E-state index contributed by atoms with van der Waals surface area (Å²) in [5.41, 5.74) is 1.76. The SMILES string of the molecule is CCCNC(C)c1ccc(OCC(F)(F)F)c(C)c1. The van der Waals surface area contributed by atoms with Gasteiger partial charge in [0.1, 0.15) is 5.75 Å². The second kappa shape index (κ2) is 6.80. The van der Waals surface area contributed by atoms with Gasteiger partial charge in [0.05, 0.1) is 0 Å². The van der Waals surface area contributed by atoms with Crippen molar-refractivity contribution in [1.29, 1.82) is 0 Å². The Bertz CT molecular complexity index is 404. The summed E-state index contributed by atoms with van der Waals surface area (Å²) in [5.74, 6) is 0.281. The lowest BCUT2D eigenvalue weighted by atomic mass is 10.0. The van der Waals surface area contributed by atoms with Gasteiger partial charge in [0.2, 0.25) is 0 Å². The van der Waals surface area contributed by atoms with Crippen LogP contribution in [0.3, 0.4) is 0 Å². The Labute approximate surface area is 112 Å². The Morgan fingerprint density at radius 1 is 1.32 bits per heavy atom. The molecule has 1 unspecified atom stereocenters. The molecule has 1 atom stereocenters. The molecule has 0 radical (unpaired) electrons. The molecule has 108 valence electrons. The summed E-state index contributed by atoms with van der Waals surface area (Å²) in [7, 11) is 0. The topological polar surface area (TPSA) is 21.3 Å². The van der Waals surface area contributed by atoms with E-state index in [-0.39, 0.29) is 11.8 Å². The molecule has 0 fully saturated rings. The van der Waals surface area contributed by atoms with E-state index in [9.17, 15) is 13.2 Å². The molecule has 1 aromatic rings. The van der Waals surface area contributed by atoms with E-state index in [0.29, 0.717) is 5.56 Å². The number of halogens is 3. The van der Waals surface area contributed by atoms with Crippen LogP contribution in [0.15, 0.2) is 18.2 Å². The number of alkyl halides is 3. The summed E-state index contributed by atoms with van der Waals surface area (Å²) in [6, 6.07) is 5.43. The van der Waals surface area contributed by atoms with Crippen molar-refractivity contribution in [2.45, 2.75) is 39.4 Å². The molecule has 1 N–H and O–H groups in total. The van der Waals surface area contributed by atoms with Gasteiger partial charge in [-0.3, -0.25) is 0 Å². The zero-order chi connectivity index (χ0) is 14.5. The predicted molar refractivity (Wildman–Crippen MR) is 69.4 cm³/mol. The fourth-order valence-electron chi connectivity index (χ4n) is 1.74. The Hall–Kier alpha value is -1.23. The van der Waals surface area contributed by atoms with Gasteiger partial charge in [-0.25, -0.2) is 0 Å². The normalized spacial score (nSPS) is 13.4. The fourth-order valence-corrected chi connectivity index (χ4v) is 1.74. The molecule has 0 bridgehead atoms. The molecule has 0 amide bonds. The van der Waals surface area contributed by atoms with Crippen molar-refractivity contribution >= 4 is 0 Å². The van der Waals surface area contributed by atoms with Crippen molar-refractivity contribution in [1.82, 2.24) is 5.32 Å². The molecule has 0 aliphatic heterocycles. The lowest BCUT2D eigenvalue weighted by Gasteiger charge is -2.16. The average Bonchev–Trinajstić information content (AvgIpc) is 2.33. The number of nitrogens with one attached hydrogen (secondary N) is 1. The molecule has 19 heavy (non-hydrogen) atoms. The first-order valence-electron chi connectivity index (χ1n) is 6.37. The maximum absolute atomic E-state index is 12.1. The Morgan fingerprint density at radius 3 is 2.53 bits per heavy atom. The van der Waals surface area contributed by atoms with Crippen molar-refractivity contribution < 1.29 is 17.9 Å². The highest BCUT2D eigenvalue weighted by Gasteiger charge is 2.28. The van der Waals surface area contributed by atoms with Gasteiger partial charge < -0.3 is 10.1 Å². The molecular formula is C14H20F3NO. The highest BCUT2D eigenvalue weighted by Crippen LogP contribution is 2.25. The number of hydrogen-bond acceptors (Lipinski definition) is 2. The molecule has 0 saturated heterocycles. The van der Waals surface area contributed by atoms with Gasteiger partial charge in [0.25, 0.3) is 0 Å². The van der Waals surface area contributed by atoms with Crippen LogP contribution < -0.4 is 10.1 Å². The minimum absolute atomic E-state index is 0.176. The predicted octanol–water partition coefficient (Wildman–Crippen LogP) is 4.00. The summed E-state index contributed by atoms with van der Waals surface area (Å²) < 4.78 is 41.0. The summed E-state index contributed by atoms with van der Waals surface area (Å²) in [6.07, 6.45) is -3.27. The van der Waals surface area contributed by atoms with E-state index in [1.165, 1.54) is 0 Å². The molecular weight excluding hydrogens is 255 g/mol. The van der Waals surface area contributed by atoms with Gasteiger partial charge in [0.15, 0.2) is 6.61 Å². The third kappa shape index (κ3) is 5.51. The second-order valence-electron chi connectivity index (χ2n) is 4.60. The smallest absolute Gasteiger partial charge is 0.422 e. The van der Waals surface area contributed by atoms with E-state index in [2.05, 4.69) is 12.2 Å². The van der Waals surface area contributed by atoms with Gasteiger partial charge in [-0.1, -0.05) is 19.1 Å². The van der Waals surface area contributed by atoms with E-state index in [1.807, 2.05) is 13.0 Å². The fraction of sp³-hybridized carbons (Fsp3) is 0.571. The van der Waals surface area contributed by atoms with E-state index in [0.717, 1.165) is 18.5 Å². The maximum atomic E-state index is 12.1. The highest BCUT2D eigenvalue weighted by molar-refractivity contribution is 5.37. The van der Waals surface area contributed by atoms with Crippen LogP contribution in [-0.2, 0) is 0 Å². The van der Waals surface area contributed by atoms with Gasteiger partial charge >= 0.3 is 6.18 Å². The van der Waals surface area contributed by atoms with Crippen molar-refractivity contribution in [3.8, 4) is 5.75 Å². The Kier molecular flexibility index (Phi) is 5.66. The number of aryl methyl sites for hydroxylation is 1. The molecule has 0 saturated carbocycles. The van der Waals surface area contributed by atoms with E-state index < -0.39 is 12.8 Å². The van der Waals surface area contributed by atoms with Crippen LogP contribution in [0, 0.1) is 6.92 Å². The number of rotatable bonds is 6. The van der Waals surface area contributed by atoms with Gasteiger partial charge in [-0.05, 0) is 44.0 Å². The zero-order valence-corrected chi connectivity index (χ0v) is 11.5. The molecule has 0 spiro atoms. The van der Waals surface area contributed by atoms with Crippen LogP contribution in [0.1, 0.15) is 37.4 Å². The summed E-state index contributed by atoms with van der Waals surface area (Å²) >= 11 is 0. The number of benzene rings is 1. The Balaban J connectivity index is 2.69. The standard InChI is InChI=1S/C14H20F3NO/c1-4-7-18-11(3)12-5-6-13(10(2)8-12)19-9-14(15,16)17/h5-6,8,11,18H,4,7,9H2,1-3H3. The first kappa shape index (κ1) is 15.8. The van der Waals surface area contributed by atoms with Crippen LogP contribution in [0.4, 0.5) is 13.2 Å². The monoisotopic (exact) mass is 275 g/mol. The third-order valence-electron chi connectivity index (χ3n) is 2.79. The first-order chi connectivity index (χ1) is 8.83. The molecule has 1 rings (SSSR count).